The van der Waals surface area contributed by atoms with E-state index in [0.29, 0.717) is 0 Å². The van der Waals surface area contributed by atoms with Crippen LogP contribution in [0.5, 0.6) is 5.75 Å². The molecule has 0 heterocycles. The average Bonchev–Trinajstić information content (AvgIpc) is 2.24. The highest BCUT2D eigenvalue weighted by Gasteiger charge is 2.39. The molecule has 1 aromatic rings. The first kappa shape index (κ1) is 16.0. The summed E-state index contributed by atoms with van der Waals surface area (Å²) >= 11 is 1.53. The third kappa shape index (κ3) is 3.12. The standard InChI is InChI=1S/C7H5IN2O7S2/c1-17-6-3(8)2-4(18(11,12)13)5(10-9)7(6)19(14,15)16/h2H,1H3,(H-,11,12,13,14,15,16)/p+1. The number of benzene rings is 1. The summed E-state index contributed by atoms with van der Waals surface area (Å²) in [5, 5.41) is 8.75. The Morgan fingerprint density at radius 3 is 2.11 bits per heavy atom. The van der Waals surface area contributed by atoms with Crippen molar-refractivity contribution in [3.63, 3.8) is 0 Å². The van der Waals surface area contributed by atoms with Gasteiger partial charge in [0.15, 0.2) is 15.6 Å². The number of methoxy groups -OCH3 is 1. The van der Waals surface area contributed by atoms with Crippen molar-refractivity contribution < 1.29 is 30.7 Å². The van der Waals surface area contributed by atoms with Crippen molar-refractivity contribution in [3.8, 4) is 5.75 Å². The first-order valence-electron chi connectivity index (χ1n) is 4.24. The van der Waals surface area contributed by atoms with Gasteiger partial charge in [0.25, 0.3) is 0 Å². The third-order valence-electron chi connectivity index (χ3n) is 1.97. The van der Waals surface area contributed by atoms with Crippen LogP contribution in [0.4, 0.5) is 5.69 Å². The number of halogens is 1. The second kappa shape index (κ2) is 5.17. The number of hydrogen-bond donors (Lipinski definition) is 2. The van der Waals surface area contributed by atoms with Crippen LogP contribution in [0.25, 0.3) is 4.98 Å². The van der Waals surface area contributed by atoms with Crippen LogP contribution >= 0.6 is 22.6 Å². The molecule has 0 aliphatic carbocycles. The van der Waals surface area contributed by atoms with E-state index in [1.54, 1.807) is 0 Å². The van der Waals surface area contributed by atoms with Gasteiger partial charge in [0.05, 0.1) is 10.7 Å². The van der Waals surface area contributed by atoms with Crippen molar-refractivity contribution >= 4 is 48.5 Å². The molecule has 2 N–H and O–H groups in total. The molecule has 12 heteroatoms. The van der Waals surface area contributed by atoms with Crippen molar-refractivity contribution in [2.24, 2.45) is 0 Å². The Hall–Kier alpha value is -1.01. The van der Waals surface area contributed by atoms with Gasteiger partial charge < -0.3 is 4.74 Å². The third-order valence-corrected chi connectivity index (χ3v) is 4.53. The molecule has 0 saturated carbocycles. The van der Waals surface area contributed by atoms with Crippen molar-refractivity contribution in [1.29, 1.82) is 5.39 Å². The largest absolute Gasteiger partial charge is 0.494 e. The van der Waals surface area contributed by atoms with Gasteiger partial charge >= 0.3 is 25.9 Å². The summed E-state index contributed by atoms with van der Waals surface area (Å²) in [4.78, 5) is 0.454. The summed E-state index contributed by atoms with van der Waals surface area (Å²) in [7, 11) is -8.75. The van der Waals surface area contributed by atoms with Crippen LogP contribution in [-0.2, 0) is 20.2 Å². The lowest BCUT2D eigenvalue weighted by Crippen LogP contribution is -2.08. The van der Waals surface area contributed by atoms with E-state index in [4.69, 9.17) is 19.2 Å². The predicted molar refractivity (Wildman–Crippen MR) is 70.1 cm³/mol. The summed E-state index contributed by atoms with van der Waals surface area (Å²) < 4.78 is 67.4. The van der Waals surface area contributed by atoms with Gasteiger partial charge in [-0.15, -0.1) is 0 Å². The lowest BCUT2D eigenvalue weighted by atomic mass is 10.3. The van der Waals surface area contributed by atoms with Gasteiger partial charge in [-0.25, -0.2) is 0 Å². The predicted octanol–water partition coefficient (Wildman–Crippen LogP) is 1.28. The van der Waals surface area contributed by atoms with E-state index in [2.05, 4.69) is 4.98 Å². The van der Waals surface area contributed by atoms with Crippen molar-refractivity contribution in [3.05, 3.63) is 14.6 Å². The Bertz CT molecular complexity index is 779. The fourth-order valence-corrected chi connectivity index (χ4v) is 4.03. The highest BCUT2D eigenvalue weighted by Crippen LogP contribution is 2.41. The zero-order chi connectivity index (χ0) is 15.0. The molecule has 9 nitrogen and oxygen atoms in total. The molecule has 0 atom stereocenters. The molecule has 0 fully saturated rings. The van der Waals surface area contributed by atoms with Crippen LogP contribution in [0.1, 0.15) is 0 Å². The molecular formula is C7H6IN2O7S2+. The Morgan fingerprint density at radius 1 is 1.26 bits per heavy atom. The van der Waals surface area contributed by atoms with Gasteiger partial charge in [0.1, 0.15) is 0 Å². The van der Waals surface area contributed by atoms with Gasteiger partial charge in [0.2, 0.25) is 10.3 Å². The lowest BCUT2D eigenvalue weighted by molar-refractivity contribution is 0.394. The van der Waals surface area contributed by atoms with Crippen LogP contribution in [0.3, 0.4) is 0 Å². The highest BCUT2D eigenvalue weighted by molar-refractivity contribution is 14.1. The summed E-state index contributed by atoms with van der Waals surface area (Å²) in [5.74, 6) is -0.414. The van der Waals surface area contributed by atoms with E-state index in [0.717, 1.165) is 13.2 Å². The van der Waals surface area contributed by atoms with Gasteiger partial charge in [-0.05, 0) is 28.7 Å². The van der Waals surface area contributed by atoms with Gasteiger partial charge in [0, 0.05) is 0 Å². The molecule has 0 amide bonds. The lowest BCUT2D eigenvalue weighted by Gasteiger charge is -2.07. The van der Waals surface area contributed by atoms with Gasteiger partial charge in [-0.2, -0.15) is 16.8 Å². The number of ether oxygens (including phenoxy) is 1. The summed E-state index contributed by atoms with van der Waals surface area (Å²) in [6.07, 6.45) is 0. The fourth-order valence-electron chi connectivity index (χ4n) is 1.30. The van der Waals surface area contributed by atoms with Crippen LogP contribution in [-0.4, -0.2) is 33.1 Å². The van der Waals surface area contributed by atoms with Crippen molar-refractivity contribution in [1.82, 2.24) is 0 Å². The van der Waals surface area contributed by atoms with E-state index in [-0.39, 0.29) is 3.57 Å². The summed E-state index contributed by atoms with van der Waals surface area (Å²) in [6.45, 7) is 0. The minimum absolute atomic E-state index is 0.0345. The Morgan fingerprint density at radius 2 is 1.79 bits per heavy atom. The minimum atomic E-state index is -4.95. The molecular weight excluding hydrogens is 415 g/mol. The van der Waals surface area contributed by atoms with E-state index in [9.17, 15) is 16.8 Å². The van der Waals surface area contributed by atoms with Gasteiger partial charge in [-0.1, -0.05) is 0 Å². The van der Waals surface area contributed by atoms with E-state index >= 15 is 0 Å². The monoisotopic (exact) mass is 421 g/mol. The molecule has 0 radical (unpaired) electrons. The van der Waals surface area contributed by atoms with Crippen LogP contribution < -0.4 is 4.74 Å². The number of diazo groups is 1. The van der Waals surface area contributed by atoms with E-state index < -0.39 is 41.5 Å². The maximum atomic E-state index is 11.2. The molecule has 0 saturated heterocycles. The maximum Gasteiger partial charge on any atom is 0.430 e. The van der Waals surface area contributed by atoms with Crippen LogP contribution in [0, 0.1) is 8.96 Å². The van der Waals surface area contributed by atoms with Gasteiger partial charge in [-0.3, -0.25) is 9.11 Å². The Kier molecular flexibility index (Phi) is 4.37. The number of hydrogen-bond acceptors (Lipinski definition) is 6. The van der Waals surface area contributed by atoms with Crippen LogP contribution in [0.15, 0.2) is 15.9 Å². The average molecular weight is 421 g/mol. The van der Waals surface area contributed by atoms with Crippen molar-refractivity contribution in [2.75, 3.05) is 7.11 Å². The zero-order valence-electron chi connectivity index (χ0n) is 9.10. The van der Waals surface area contributed by atoms with E-state index in [1.165, 1.54) is 22.6 Å². The molecule has 0 aliphatic rings. The molecule has 0 spiro atoms. The molecule has 0 aliphatic heterocycles. The first-order valence-corrected chi connectivity index (χ1v) is 8.20. The molecule has 0 bridgehead atoms. The molecule has 1 aromatic carbocycles. The number of nitrogens with zero attached hydrogens (tertiary/aromatic N) is 2. The number of rotatable bonds is 3. The smallest absolute Gasteiger partial charge is 0.430 e. The Balaban J connectivity index is 4.10. The summed E-state index contributed by atoms with van der Waals surface area (Å²) in [6, 6.07) is 0.832. The SMILES string of the molecule is COc1c(I)cc(S(=O)(=O)O)c([N+]#N)c1S(=O)(=O)O. The topological polar surface area (TPSA) is 146 Å². The second-order valence-electron chi connectivity index (χ2n) is 3.12. The second-order valence-corrected chi connectivity index (χ2v) is 7.03. The first-order chi connectivity index (χ1) is 8.54. The fraction of sp³-hybridized carbons (Fsp3) is 0.143. The minimum Gasteiger partial charge on any atom is -0.494 e. The highest BCUT2D eigenvalue weighted by atomic mass is 127. The molecule has 19 heavy (non-hydrogen) atoms. The molecule has 0 aromatic heterocycles. The Labute approximate surface area is 121 Å². The van der Waals surface area contributed by atoms with E-state index in [1.807, 2.05) is 0 Å². The zero-order valence-corrected chi connectivity index (χ0v) is 12.9. The molecule has 0 unspecified atom stereocenters. The normalized spacial score (nSPS) is 11.9. The molecule has 1 rings (SSSR count). The maximum absolute atomic E-state index is 11.2. The quantitative estimate of drug-likeness (QED) is 0.422. The van der Waals surface area contributed by atoms with Crippen LogP contribution in [0.2, 0.25) is 0 Å². The molecule has 104 valence electrons. The summed E-state index contributed by atoms with van der Waals surface area (Å²) in [5.41, 5.74) is -1.04. The van der Waals surface area contributed by atoms with Crippen molar-refractivity contribution in [2.45, 2.75) is 9.79 Å².